The molecule has 0 saturated heterocycles. The first-order valence-electron chi connectivity index (χ1n) is 4.16. The van der Waals surface area contributed by atoms with Gasteiger partial charge in [0, 0.05) is 0 Å². The first-order valence-corrected chi connectivity index (χ1v) is 4.16. The van der Waals surface area contributed by atoms with E-state index in [4.69, 9.17) is 0 Å². The molecule has 0 aliphatic rings. The second-order valence-corrected chi connectivity index (χ2v) is 3.25. The molecule has 1 aromatic rings. The van der Waals surface area contributed by atoms with Gasteiger partial charge in [-0.05, 0) is 36.5 Å². The van der Waals surface area contributed by atoms with Crippen molar-refractivity contribution in [3.05, 3.63) is 35.9 Å². The molecule has 0 saturated carbocycles. The maximum Gasteiger partial charge on any atom is -0.00641 e. The summed E-state index contributed by atoms with van der Waals surface area (Å²) >= 11 is 0. The van der Waals surface area contributed by atoms with Crippen LogP contribution in [-0.4, -0.2) is 0 Å². The largest absolute Gasteiger partial charge is 0.0628 e. The van der Waals surface area contributed by atoms with Gasteiger partial charge < -0.3 is 0 Å². The van der Waals surface area contributed by atoms with Crippen molar-refractivity contribution in [3.63, 3.8) is 0 Å². The lowest BCUT2D eigenvalue weighted by atomic mass is 10.0. The number of hydrogen-bond acceptors (Lipinski definition) is 0. The zero-order valence-electron chi connectivity index (χ0n) is 7.22. The van der Waals surface area contributed by atoms with Gasteiger partial charge >= 0.3 is 0 Å². The summed E-state index contributed by atoms with van der Waals surface area (Å²) in [4.78, 5) is 0. The van der Waals surface area contributed by atoms with Gasteiger partial charge in [0.1, 0.15) is 0 Å². The van der Waals surface area contributed by atoms with Crippen molar-refractivity contribution in [2.75, 3.05) is 0 Å². The van der Waals surface area contributed by atoms with E-state index in [1.54, 1.807) is 0 Å². The van der Waals surface area contributed by atoms with Crippen molar-refractivity contribution in [1.29, 1.82) is 0 Å². The third kappa shape index (κ3) is 3.22. The highest BCUT2D eigenvalue weighted by Gasteiger charge is 1.95. The summed E-state index contributed by atoms with van der Waals surface area (Å²) in [7, 11) is 0. The molecule has 2 radical (unpaired) electrons. The Labute approximate surface area is 69.3 Å². The van der Waals surface area contributed by atoms with Crippen LogP contribution in [0.25, 0.3) is 0 Å². The summed E-state index contributed by atoms with van der Waals surface area (Å²) in [5.41, 5.74) is 1.28. The van der Waals surface area contributed by atoms with Crippen LogP contribution in [0.3, 0.4) is 0 Å². The Morgan fingerprint density at radius 1 is 1.45 bits per heavy atom. The fraction of sp³-hybridized carbons (Fsp3) is 0.455. The Bertz CT molecular complexity index is 186. The molecular formula is C11H14. The van der Waals surface area contributed by atoms with Crippen molar-refractivity contribution in [2.45, 2.75) is 26.7 Å². The van der Waals surface area contributed by atoms with Crippen LogP contribution in [-0.2, 0) is 6.42 Å². The Morgan fingerprint density at radius 3 is 2.82 bits per heavy atom. The van der Waals surface area contributed by atoms with Crippen LogP contribution < -0.4 is 0 Å². The van der Waals surface area contributed by atoms with E-state index in [0.29, 0.717) is 0 Å². The first-order chi connectivity index (χ1) is 5.29. The van der Waals surface area contributed by atoms with Crippen molar-refractivity contribution in [2.24, 2.45) is 5.92 Å². The molecule has 0 atom stereocenters. The van der Waals surface area contributed by atoms with Crippen molar-refractivity contribution < 1.29 is 0 Å². The molecule has 1 aromatic carbocycles. The molecule has 0 unspecified atom stereocenters. The Kier molecular flexibility index (Phi) is 3.15. The molecule has 0 N–H and O–H groups in total. The maximum atomic E-state index is 3.10. The lowest BCUT2D eigenvalue weighted by Crippen LogP contribution is -1.91. The average molecular weight is 146 g/mol. The van der Waals surface area contributed by atoms with E-state index in [9.17, 15) is 0 Å². The summed E-state index contributed by atoms with van der Waals surface area (Å²) in [6.45, 7) is 4.49. The Balaban J connectivity index is 2.39. The fourth-order valence-electron chi connectivity index (χ4n) is 0.978. The van der Waals surface area contributed by atoms with E-state index in [1.165, 1.54) is 12.0 Å². The number of benzene rings is 1. The Morgan fingerprint density at radius 2 is 2.27 bits per heavy atom. The van der Waals surface area contributed by atoms with Crippen LogP contribution >= 0.6 is 0 Å². The highest BCUT2D eigenvalue weighted by atomic mass is 14.0. The van der Waals surface area contributed by atoms with Gasteiger partial charge in [-0.3, -0.25) is 0 Å². The summed E-state index contributed by atoms with van der Waals surface area (Å²) in [5.74, 6) is 0.781. The fourth-order valence-corrected chi connectivity index (χ4v) is 0.978. The standard InChI is InChI=1S/C11H14/c1-10(2)8-9-11-6-4-3-5-7-11/h3-4,6,10H,8-9H2,1-2H3. The second kappa shape index (κ2) is 4.17. The average Bonchev–Trinajstić information content (AvgIpc) is 2.03. The Hall–Kier alpha value is -0.780. The second-order valence-electron chi connectivity index (χ2n) is 3.25. The van der Waals surface area contributed by atoms with E-state index < -0.39 is 0 Å². The topological polar surface area (TPSA) is 0 Å². The number of rotatable bonds is 3. The molecule has 11 heavy (non-hydrogen) atoms. The van der Waals surface area contributed by atoms with E-state index in [1.807, 2.05) is 12.1 Å². The smallest absolute Gasteiger partial charge is 0.00641 e. The molecule has 0 aliphatic carbocycles. The molecule has 0 fully saturated rings. The van der Waals surface area contributed by atoms with E-state index in [-0.39, 0.29) is 0 Å². The summed E-state index contributed by atoms with van der Waals surface area (Å²) in [5, 5.41) is 0. The minimum Gasteiger partial charge on any atom is -0.0628 e. The quantitative estimate of drug-likeness (QED) is 0.615. The third-order valence-electron chi connectivity index (χ3n) is 1.70. The minimum atomic E-state index is 0.781. The summed E-state index contributed by atoms with van der Waals surface area (Å²) in [6, 6.07) is 12.1. The van der Waals surface area contributed by atoms with Gasteiger partial charge in [-0.2, -0.15) is 0 Å². The van der Waals surface area contributed by atoms with Crippen molar-refractivity contribution in [1.82, 2.24) is 0 Å². The van der Waals surface area contributed by atoms with Gasteiger partial charge in [0.25, 0.3) is 0 Å². The van der Waals surface area contributed by atoms with Crippen LogP contribution in [0.2, 0.25) is 0 Å². The lowest BCUT2D eigenvalue weighted by molar-refractivity contribution is 0.586. The highest BCUT2D eigenvalue weighted by molar-refractivity contribution is 5.11. The van der Waals surface area contributed by atoms with Crippen molar-refractivity contribution >= 4 is 0 Å². The minimum absolute atomic E-state index is 0.781. The zero-order valence-corrected chi connectivity index (χ0v) is 7.22. The monoisotopic (exact) mass is 146 g/mol. The highest BCUT2D eigenvalue weighted by Crippen LogP contribution is 2.06. The normalized spacial score (nSPS) is 10.5. The molecule has 0 aliphatic heterocycles. The third-order valence-corrected chi connectivity index (χ3v) is 1.70. The van der Waals surface area contributed by atoms with Gasteiger partial charge in [0.05, 0.1) is 0 Å². The zero-order chi connectivity index (χ0) is 8.10. The van der Waals surface area contributed by atoms with Gasteiger partial charge in [0.15, 0.2) is 0 Å². The molecule has 0 aromatic heterocycles. The molecule has 0 spiro atoms. The molecule has 58 valence electrons. The maximum absolute atomic E-state index is 3.10. The lowest BCUT2D eigenvalue weighted by Gasteiger charge is -2.02. The van der Waals surface area contributed by atoms with E-state index >= 15 is 0 Å². The van der Waals surface area contributed by atoms with Gasteiger partial charge in [-0.25, -0.2) is 0 Å². The van der Waals surface area contributed by atoms with Gasteiger partial charge in [-0.15, -0.1) is 0 Å². The van der Waals surface area contributed by atoms with Crippen LogP contribution in [0.1, 0.15) is 25.8 Å². The van der Waals surface area contributed by atoms with Crippen molar-refractivity contribution in [3.8, 4) is 0 Å². The number of aryl methyl sites for hydroxylation is 1. The molecule has 0 nitrogen and oxygen atoms in total. The van der Waals surface area contributed by atoms with Crippen LogP contribution in [0.15, 0.2) is 18.2 Å². The van der Waals surface area contributed by atoms with E-state index in [2.05, 4.69) is 32.0 Å². The predicted molar refractivity (Wildman–Crippen MR) is 47.3 cm³/mol. The van der Waals surface area contributed by atoms with Crippen LogP contribution in [0, 0.1) is 18.1 Å². The molecule has 1 rings (SSSR count). The predicted octanol–water partition coefficient (Wildman–Crippen LogP) is 2.88. The van der Waals surface area contributed by atoms with Gasteiger partial charge in [-0.1, -0.05) is 32.0 Å². The molecule has 0 amide bonds. The molecule has 0 heteroatoms. The molecular weight excluding hydrogens is 132 g/mol. The summed E-state index contributed by atoms with van der Waals surface area (Å²) < 4.78 is 0. The first kappa shape index (κ1) is 8.32. The SMILES string of the molecule is CC(C)CCc1[c][c]ccc1. The number of hydrogen-bond donors (Lipinski definition) is 0. The van der Waals surface area contributed by atoms with Gasteiger partial charge in [0.2, 0.25) is 0 Å². The van der Waals surface area contributed by atoms with E-state index in [0.717, 1.165) is 12.3 Å². The molecule has 0 bridgehead atoms. The van der Waals surface area contributed by atoms with Crippen LogP contribution in [0.4, 0.5) is 0 Å². The molecule has 0 heterocycles. The van der Waals surface area contributed by atoms with Crippen LogP contribution in [0.5, 0.6) is 0 Å². The summed E-state index contributed by atoms with van der Waals surface area (Å²) in [6.07, 6.45) is 2.38.